The number of rotatable bonds is 4. The monoisotopic (exact) mass is 239 g/mol. The standard InChI is InChI=1S/C14H25NO2/c1-2-17-13(16)14(10-6-3-7-11-14)15-12-8-4-5-9-12/h12,15H,2-11H2,1H3. The van der Waals surface area contributed by atoms with Crippen molar-refractivity contribution in [2.75, 3.05) is 6.61 Å². The SMILES string of the molecule is CCOC(=O)C1(NC2CCCC2)CCCCC1. The molecule has 2 aliphatic rings. The average molecular weight is 239 g/mol. The number of hydrogen-bond acceptors (Lipinski definition) is 3. The summed E-state index contributed by atoms with van der Waals surface area (Å²) in [7, 11) is 0. The summed E-state index contributed by atoms with van der Waals surface area (Å²) in [5, 5.41) is 3.64. The molecule has 0 spiro atoms. The van der Waals surface area contributed by atoms with Gasteiger partial charge in [-0.2, -0.15) is 0 Å². The molecule has 0 aromatic carbocycles. The van der Waals surface area contributed by atoms with Crippen molar-refractivity contribution in [2.24, 2.45) is 0 Å². The van der Waals surface area contributed by atoms with Crippen molar-refractivity contribution in [3.05, 3.63) is 0 Å². The maximum Gasteiger partial charge on any atom is 0.326 e. The van der Waals surface area contributed by atoms with Crippen LogP contribution in [0.1, 0.15) is 64.7 Å². The van der Waals surface area contributed by atoms with Gasteiger partial charge in [-0.3, -0.25) is 10.1 Å². The Morgan fingerprint density at radius 3 is 2.41 bits per heavy atom. The van der Waals surface area contributed by atoms with E-state index in [-0.39, 0.29) is 11.5 Å². The van der Waals surface area contributed by atoms with E-state index in [0.29, 0.717) is 12.6 Å². The molecule has 0 amide bonds. The van der Waals surface area contributed by atoms with Gasteiger partial charge in [0, 0.05) is 6.04 Å². The van der Waals surface area contributed by atoms with Gasteiger partial charge < -0.3 is 4.74 Å². The van der Waals surface area contributed by atoms with Crippen molar-refractivity contribution >= 4 is 5.97 Å². The van der Waals surface area contributed by atoms with Crippen LogP contribution in [0.15, 0.2) is 0 Å². The second-order valence-electron chi connectivity index (χ2n) is 5.49. The van der Waals surface area contributed by atoms with Gasteiger partial charge >= 0.3 is 5.97 Å². The molecule has 0 radical (unpaired) electrons. The van der Waals surface area contributed by atoms with Gasteiger partial charge in [-0.25, -0.2) is 0 Å². The van der Waals surface area contributed by atoms with Crippen LogP contribution in [0.25, 0.3) is 0 Å². The number of esters is 1. The first-order chi connectivity index (χ1) is 8.27. The maximum absolute atomic E-state index is 12.2. The molecule has 0 unspecified atom stereocenters. The van der Waals surface area contributed by atoms with Crippen LogP contribution in [-0.4, -0.2) is 24.2 Å². The molecule has 2 aliphatic carbocycles. The minimum absolute atomic E-state index is 0.00778. The summed E-state index contributed by atoms with van der Waals surface area (Å²) in [6.45, 7) is 2.39. The molecule has 0 aromatic rings. The van der Waals surface area contributed by atoms with E-state index in [4.69, 9.17) is 4.74 Å². The Bertz CT molecular complexity index is 253. The highest BCUT2D eigenvalue weighted by Gasteiger charge is 2.42. The lowest BCUT2D eigenvalue weighted by Crippen LogP contribution is -2.57. The number of ether oxygens (including phenoxy) is 1. The fourth-order valence-electron chi connectivity index (χ4n) is 3.29. The van der Waals surface area contributed by atoms with Crippen LogP contribution >= 0.6 is 0 Å². The van der Waals surface area contributed by atoms with Gasteiger partial charge in [0.15, 0.2) is 0 Å². The Morgan fingerprint density at radius 1 is 1.18 bits per heavy atom. The molecule has 98 valence electrons. The minimum atomic E-state index is -0.358. The van der Waals surface area contributed by atoms with E-state index in [0.717, 1.165) is 25.7 Å². The molecule has 17 heavy (non-hydrogen) atoms. The van der Waals surface area contributed by atoms with Crippen LogP contribution < -0.4 is 5.32 Å². The van der Waals surface area contributed by atoms with Crippen molar-refractivity contribution < 1.29 is 9.53 Å². The molecule has 0 atom stereocenters. The van der Waals surface area contributed by atoms with Gasteiger partial charge in [-0.15, -0.1) is 0 Å². The predicted molar refractivity (Wildman–Crippen MR) is 67.8 cm³/mol. The van der Waals surface area contributed by atoms with Gasteiger partial charge in [0.05, 0.1) is 6.61 Å². The second kappa shape index (κ2) is 5.85. The molecule has 2 rings (SSSR count). The summed E-state index contributed by atoms with van der Waals surface area (Å²) in [5.41, 5.74) is -0.358. The van der Waals surface area contributed by atoms with Gasteiger partial charge in [0.1, 0.15) is 5.54 Å². The van der Waals surface area contributed by atoms with Crippen LogP contribution in [-0.2, 0) is 9.53 Å². The van der Waals surface area contributed by atoms with Crippen LogP contribution in [0.5, 0.6) is 0 Å². The number of carbonyl (C=O) groups is 1. The minimum Gasteiger partial charge on any atom is -0.465 e. The molecule has 2 saturated carbocycles. The molecule has 0 aliphatic heterocycles. The highest BCUT2D eigenvalue weighted by Crippen LogP contribution is 2.32. The maximum atomic E-state index is 12.2. The van der Waals surface area contributed by atoms with E-state index in [1.54, 1.807) is 0 Å². The van der Waals surface area contributed by atoms with Crippen LogP contribution in [0.3, 0.4) is 0 Å². The van der Waals surface area contributed by atoms with E-state index < -0.39 is 0 Å². The molecule has 0 saturated heterocycles. The zero-order valence-electron chi connectivity index (χ0n) is 11.0. The third-order valence-electron chi connectivity index (χ3n) is 4.21. The normalized spacial score (nSPS) is 24.8. The van der Waals surface area contributed by atoms with Gasteiger partial charge in [-0.1, -0.05) is 32.1 Å². The van der Waals surface area contributed by atoms with E-state index in [1.165, 1.54) is 32.1 Å². The van der Waals surface area contributed by atoms with Gasteiger partial charge in [0.25, 0.3) is 0 Å². The first-order valence-corrected chi connectivity index (χ1v) is 7.22. The average Bonchev–Trinajstić information content (AvgIpc) is 2.83. The topological polar surface area (TPSA) is 38.3 Å². The zero-order valence-corrected chi connectivity index (χ0v) is 11.0. The summed E-state index contributed by atoms with van der Waals surface area (Å²) in [6, 6.07) is 0.539. The molecule has 3 nitrogen and oxygen atoms in total. The van der Waals surface area contributed by atoms with E-state index in [2.05, 4.69) is 5.32 Å². The van der Waals surface area contributed by atoms with Crippen LogP contribution in [0.2, 0.25) is 0 Å². The fourth-order valence-corrected chi connectivity index (χ4v) is 3.29. The van der Waals surface area contributed by atoms with Gasteiger partial charge in [-0.05, 0) is 32.6 Å². The fraction of sp³-hybridized carbons (Fsp3) is 0.929. The Kier molecular flexibility index (Phi) is 4.43. The molecule has 0 bridgehead atoms. The first kappa shape index (κ1) is 12.9. The quantitative estimate of drug-likeness (QED) is 0.767. The molecule has 3 heteroatoms. The lowest BCUT2D eigenvalue weighted by Gasteiger charge is -2.38. The summed E-state index contributed by atoms with van der Waals surface area (Å²) in [4.78, 5) is 12.2. The van der Waals surface area contributed by atoms with Crippen LogP contribution in [0.4, 0.5) is 0 Å². The number of hydrogen-bond donors (Lipinski definition) is 1. The van der Waals surface area contributed by atoms with E-state index >= 15 is 0 Å². The Hall–Kier alpha value is -0.570. The molecule has 0 heterocycles. The summed E-state index contributed by atoms with van der Waals surface area (Å²) in [6.07, 6.45) is 10.5. The van der Waals surface area contributed by atoms with E-state index in [1.807, 2.05) is 6.92 Å². The Balaban J connectivity index is 2.02. The molecular formula is C14H25NO2. The summed E-state index contributed by atoms with van der Waals surface area (Å²) >= 11 is 0. The largest absolute Gasteiger partial charge is 0.465 e. The lowest BCUT2D eigenvalue weighted by molar-refractivity contribution is -0.153. The van der Waals surface area contributed by atoms with Crippen molar-refractivity contribution in [3.8, 4) is 0 Å². The number of carbonyl (C=O) groups excluding carboxylic acids is 1. The van der Waals surface area contributed by atoms with Crippen molar-refractivity contribution in [2.45, 2.75) is 76.3 Å². The summed E-state index contributed by atoms with van der Waals surface area (Å²) < 4.78 is 5.29. The molecule has 1 N–H and O–H groups in total. The molecule has 2 fully saturated rings. The smallest absolute Gasteiger partial charge is 0.326 e. The third kappa shape index (κ3) is 3.01. The lowest BCUT2D eigenvalue weighted by atomic mass is 9.81. The first-order valence-electron chi connectivity index (χ1n) is 7.22. The highest BCUT2D eigenvalue weighted by atomic mass is 16.5. The second-order valence-corrected chi connectivity index (χ2v) is 5.49. The van der Waals surface area contributed by atoms with Crippen molar-refractivity contribution in [3.63, 3.8) is 0 Å². The Labute approximate surface area is 104 Å². The molecular weight excluding hydrogens is 214 g/mol. The highest BCUT2D eigenvalue weighted by molar-refractivity contribution is 5.81. The van der Waals surface area contributed by atoms with Gasteiger partial charge in [0.2, 0.25) is 0 Å². The zero-order chi connectivity index (χ0) is 12.1. The van der Waals surface area contributed by atoms with Crippen molar-refractivity contribution in [1.82, 2.24) is 5.32 Å². The van der Waals surface area contributed by atoms with E-state index in [9.17, 15) is 4.79 Å². The summed E-state index contributed by atoms with van der Waals surface area (Å²) in [5.74, 6) is -0.00778. The van der Waals surface area contributed by atoms with Crippen molar-refractivity contribution in [1.29, 1.82) is 0 Å². The third-order valence-corrected chi connectivity index (χ3v) is 4.21. The van der Waals surface area contributed by atoms with Crippen LogP contribution in [0, 0.1) is 0 Å². The Morgan fingerprint density at radius 2 is 1.82 bits per heavy atom. The molecule has 0 aromatic heterocycles. The number of nitrogens with one attached hydrogen (secondary N) is 1. The predicted octanol–water partition coefficient (Wildman–Crippen LogP) is 2.78.